The molecule has 3 atom stereocenters. The first-order chi connectivity index (χ1) is 10.7. The Labute approximate surface area is 144 Å². The summed E-state index contributed by atoms with van der Waals surface area (Å²) in [7, 11) is 0. The van der Waals surface area contributed by atoms with Gasteiger partial charge in [0.15, 0.2) is 0 Å². The third kappa shape index (κ3) is 6.15. The van der Waals surface area contributed by atoms with Gasteiger partial charge in [0.25, 0.3) is 0 Å². The molecule has 0 aliphatic heterocycles. The van der Waals surface area contributed by atoms with E-state index in [9.17, 15) is 4.79 Å². The number of thiophene rings is 1. The Bertz CT molecular complexity index is 521. The second-order valence-electron chi connectivity index (χ2n) is 7.54. The van der Waals surface area contributed by atoms with Gasteiger partial charge in [0.2, 0.25) is 0 Å². The summed E-state index contributed by atoms with van der Waals surface area (Å²) in [5.74, 6) is 0. The maximum Gasteiger partial charge on any atom is 0.407 e. The predicted octanol–water partition coefficient (Wildman–Crippen LogP) is 4.54. The van der Waals surface area contributed by atoms with Crippen LogP contribution < -0.4 is 10.6 Å². The van der Waals surface area contributed by atoms with Crippen LogP contribution in [0.2, 0.25) is 0 Å². The van der Waals surface area contributed by atoms with Gasteiger partial charge in [-0.15, -0.1) is 11.3 Å². The number of alkyl carbamates (subject to hydrolysis) is 1. The number of rotatable bonds is 4. The molecule has 4 nitrogen and oxygen atoms in total. The molecule has 1 saturated carbocycles. The Kier molecular flexibility index (Phi) is 6.09. The van der Waals surface area contributed by atoms with Crippen molar-refractivity contribution >= 4 is 17.4 Å². The summed E-state index contributed by atoms with van der Waals surface area (Å²) in [5, 5.41) is 6.74. The molecule has 2 N–H and O–H groups in total. The zero-order valence-electron chi connectivity index (χ0n) is 14.9. The van der Waals surface area contributed by atoms with Gasteiger partial charge >= 0.3 is 6.09 Å². The number of ether oxygens (including phenoxy) is 1. The van der Waals surface area contributed by atoms with E-state index in [0.29, 0.717) is 12.1 Å². The number of carbonyl (C=O) groups excluding carboxylic acids is 1. The highest BCUT2D eigenvalue weighted by Gasteiger charge is 2.26. The van der Waals surface area contributed by atoms with E-state index in [0.717, 1.165) is 19.3 Å². The van der Waals surface area contributed by atoms with Crippen LogP contribution in [0.3, 0.4) is 0 Å². The van der Waals surface area contributed by atoms with Crippen molar-refractivity contribution in [2.24, 2.45) is 0 Å². The van der Waals surface area contributed by atoms with Gasteiger partial charge in [0, 0.05) is 27.9 Å². The van der Waals surface area contributed by atoms with Crippen molar-refractivity contribution in [1.82, 2.24) is 10.6 Å². The third-order valence-corrected chi connectivity index (χ3v) is 5.25. The van der Waals surface area contributed by atoms with Gasteiger partial charge in [-0.05, 0) is 72.4 Å². The SMILES string of the molecule is Cc1ccc(C(C)NC2CCCC(NC(=O)OC(C)(C)C)C2)s1. The predicted molar refractivity (Wildman–Crippen MR) is 96.0 cm³/mol. The average Bonchev–Trinajstić information content (AvgIpc) is 2.83. The zero-order valence-corrected chi connectivity index (χ0v) is 15.8. The van der Waals surface area contributed by atoms with Crippen LogP contribution in [0.5, 0.6) is 0 Å². The molecule has 1 aromatic heterocycles. The van der Waals surface area contributed by atoms with E-state index < -0.39 is 5.60 Å². The molecule has 0 bridgehead atoms. The molecule has 5 heteroatoms. The summed E-state index contributed by atoms with van der Waals surface area (Å²) in [5.41, 5.74) is -0.443. The van der Waals surface area contributed by atoms with Gasteiger partial charge in [0.1, 0.15) is 5.60 Å². The highest BCUT2D eigenvalue weighted by Crippen LogP contribution is 2.26. The molecule has 1 amide bonds. The summed E-state index contributed by atoms with van der Waals surface area (Å²) < 4.78 is 5.36. The smallest absolute Gasteiger partial charge is 0.407 e. The van der Waals surface area contributed by atoms with E-state index in [2.05, 4.69) is 36.6 Å². The normalized spacial score (nSPS) is 23.3. The fourth-order valence-electron chi connectivity index (χ4n) is 3.07. The number of carbonyl (C=O) groups is 1. The molecule has 0 saturated heterocycles. The number of hydrogen-bond donors (Lipinski definition) is 2. The second-order valence-corrected chi connectivity index (χ2v) is 8.86. The van der Waals surface area contributed by atoms with Gasteiger partial charge in [-0.2, -0.15) is 0 Å². The minimum absolute atomic E-state index is 0.202. The van der Waals surface area contributed by atoms with E-state index in [1.54, 1.807) is 0 Å². The molecular formula is C18H30N2O2S. The molecule has 0 aromatic carbocycles. The van der Waals surface area contributed by atoms with Crippen molar-refractivity contribution in [3.8, 4) is 0 Å². The van der Waals surface area contributed by atoms with Crippen molar-refractivity contribution in [1.29, 1.82) is 0 Å². The van der Waals surface area contributed by atoms with E-state index in [1.807, 2.05) is 32.1 Å². The Morgan fingerprint density at radius 1 is 1.30 bits per heavy atom. The van der Waals surface area contributed by atoms with Crippen molar-refractivity contribution in [2.75, 3.05) is 0 Å². The molecule has 0 radical (unpaired) electrons. The maximum absolute atomic E-state index is 11.9. The lowest BCUT2D eigenvalue weighted by atomic mass is 9.90. The van der Waals surface area contributed by atoms with Crippen LogP contribution in [0.15, 0.2) is 12.1 Å². The first-order valence-corrected chi connectivity index (χ1v) is 9.36. The zero-order chi connectivity index (χ0) is 17.0. The summed E-state index contributed by atoms with van der Waals surface area (Å²) in [6, 6.07) is 5.39. The molecular weight excluding hydrogens is 308 g/mol. The Balaban J connectivity index is 1.82. The maximum atomic E-state index is 11.9. The molecule has 1 aliphatic rings. The molecule has 2 rings (SSSR count). The lowest BCUT2D eigenvalue weighted by molar-refractivity contribution is 0.0488. The monoisotopic (exact) mass is 338 g/mol. The van der Waals surface area contributed by atoms with E-state index >= 15 is 0 Å². The largest absolute Gasteiger partial charge is 0.444 e. The first-order valence-electron chi connectivity index (χ1n) is 8.55. The fourth-order valence-corrected chi connectivity index (χ4v) is 3.96. The number of amides is 1. The fraction of sp³-hybridized carbons (Fsp3) is 0.722. The summed E-state index contributed by atoms with van der Waals surface area (Å²) >= 11 is 1.85. The minimum atomic E-state index is -0.443. The van der Waals surface area contributed by atoms with Crippen molar-refractivity contribution < 1.29 is 9.53 Å². The van der Waals surface area contributed by atoms with Gasteiger partial charge in [-0.1, -0.05) is 0 Å². The summed E-state index contributed by atoms with van der Waals surface area (Å²) in [6.45, 7) is 10.0. The summed E-state index contributed by atoms with van der Waals surface area (Å²) in [4.78, 5) is 14.7. The van der Waals surface area contributed by atoms with Crippen LogP contribution in [-0.2, 0) is 4.74 Å². The van der Waals surface area contributed by atoms with Gasteiger partial charge in [-0.3, -0.25) is 0 Å². The lowest BCUT2D eigenvalue weighted by Crippen LogP contribution is -2.46. The third-order valence-electron chi connectivity index (χ3n) is 4.07. The molecule has 1 aliphatic carbocycles. The van der Waals surface area contributed by atoms with E-state index in [4.69, 9.17) is 4.74 Å². The number of hydrogen-bond acceptors (Lipinski definition) is 4. The second kappa shape index (κ2) is 7.67. The minimum Gasteiger partial charge on any atom is -0.444 e. The van der Waals surface area contributed by atoms with Gasteiger partial charge in [0.05, 0.1) is 0 Å². The van der Waals surface area contributed by atoms with Crippen molar-refractivity contribution in [3.63, 3.8) is 0 Å². The van der Waals surface area contributed by atoms with Crippen LogP contribution in [0.4, 0.5) is 4.79 Å². The molecule has 1 fully saturated rings. The Morgan fingerprint density at radius 2 is 2.00 bits per heavy atom. The molecule has 3 unspecified atom stereocenters. The van der Waals surface area contributed by atoms with Crippen LogP contribution >= 0.6 is 11.3 Å². The highest BCUT2D eigenvalue weighted by molar-refractivity contribution is 7.12. The lowest BCUT2D eigenvalue weighted by Gasteiger charge is -2.32. The van der Waals surface area contributed by atoms with E-state index in [-0.39, 0.29) is 12.1 Å². The summed E-state index contributed by atoms with van der Waals surface area (Å²) in [6.07, 6.45) is 4.00. The molecule has 23 heavy (non-hydrogen) atoms. The van der Waals surface area contributed by atoms with Crippen LogP contribution in [-0.4, -0.2) is 23.8 Å². The standard InChI is InChI=1S/C18H30N2O2S/c1-12-9-10-16(23-12)13(2)19-14-7-6-8-15(11-14)20-17(21)22-18(3,4)5/h9-10,13-15,19H,6-8,11H2,1-5H3,(H,20,21). The van der Waals surface area contributed by atoms with Crippen LogP contribution in [0.1, 0.15) is 69.2 Å². The van der Waals surface area contributed by atoms with Gasteiger partial charge < -0.3 is 15.4 Å². The quantitative estimate of drug-likeness (QED) is 0.847. The van der Waals surface area contributed by atoms with Crippen molar-refractivity contribution in [3.05, 3.63) is 21.9 Å². The van der Waals surface area contributed by atoms with Gasteiger partial charge in [-0.25, -0.2) is 4.79 Å². The van der Waals surface area contributed by atoms with E-state index in [1.165, 1.54) is 16.2 Å². The topological polar surface area (TPSA) is 50.4 Å². The Morgan fingerprint density at radius 3 is 2.61 bits per heavy atom. The van der Waals surface area contributed by atoms with Crippen molar-refractivity contribution in [2.45, 2.75) is 84.0 Å². The first kappa shape index (κ1) is 18.3. The Hall–Kier alpha value is -1.07. The highest BCUT2D eigenvalue weighted by atomic mass is 32.1. The average molecular weight is 339 g/mol. The molecule has 0 spiro atoms. The molecule has 130 valence electrons. The molecule has 1 heterocycles. The number of nitrogens with one attached hydrogen (secondary N) is 2. The van der Waals surface area contributed by atoms with Crippen LogP contribution in [0.25, 0.3) is 0 Å². The number of aryl methyl sites for hydroxylation is 1. The van der Waals surface area contributed by atoms with Crippen LogP contribution in [0, 0.1) is 6.92 Å². The molecule has 1 aromatic rings.